The fourth-order valence-electron chi connectivity index (χ4n) is 2.32. The summed E-state index contributed by atoms with van der Waals surface area (Å²) in [5.41, 5.74) is 5.79. The molecule has 0 saturated carbocycles. The maximum atomic E-state index is 5.79. The Balaban J connectivity index is 2.16. The highest BCUT2D eigenvalue weighted by Crippen LogP contribution is 2.21. The summed E-state index contributed by atoms with van der Waals surface area (Å²) < 4.78 is 5.73. The van der Waals surface area contributed by atoms with E-state index in [0.29, 0.717) is 5.95 Å². The van der Waals surface area contributed by atoms with E-state index in [0.717, 1.165) is 37.7 Å². The third-order valence-corrected chi connectivity index (χ3v) is 3.03. The second-order valence-electron chi connectivity index (χ2n) is 5.06. The Morgan fingerprint density at radius 3 is 2.68 bits per heavy atom. The van der Waals surface area contributed by atoms with Crippen molar-refractivity contribution in [1.82, 2.24) is 9.97 Å². The lowest BCUT2D eigenvalue weighted by atomic mass is 10.2. The molecule has 1 aromatic rings. The summed E-state index contributed by atoms with van der Waals surface area (Å²) in [5.74, 6) is 1.96. The SMILES string of the molecule is CCCNc1cc(N2C[C@@H](C)O[C@@H](C)C2)nc(N)n1. The summed E-state index contributed by atoms with van der Waals surface area (Å²) in [4.78, 5) is 10.7. The van der Waals surface area contributed by atoms with Crippen molar-refractivity contribution < 1.29 is 4.74 Å². The Hall–Kier alpha value is -1.56. The van der Waals surface area contributed by atoms with Crippen LogP contribution in [0.5, 0.6) is 0 Å². The zero-order valence-electron chi connectivity index (χ0n) is 11.9. The minimum Gasteiger partial charge on any atom is -0.372 e. The Labute approximate surface area is 114 Å². The fraction of sp³-hybridized carbons (Fsp3) is 0.692. The van der Waals surface area contributed by atoms with Crippen molar-refractivity contribution >= 4 is 17.6 Å². The van der Waals surface area contributed by atoms with Gasteiger partial charge in [0.15, 0.2) is 0 Å². The molecule has 6 heteroatoms. The summed E-state index contributed by atoms with van der Waals surface area (Å²) in [6, 6.07) is 1.96. The molecule has 2 atom stereocenters. The number of rotatable bonds is 4. The number of hydrogen-bond donors (Lipinski definition) is 2. The van der Waals surface area contributed by atoms with Gasteiger partial charge in [0.2, 0.25) is 5.95 Å². The van der Waals surface area contributed by atoms with Gasteiger partial charge in [-0.25, -0.2) is 0 Å². The van der Waals surface area contributed by atoms with Crippen LogP contribution in [0.15, 0.2) is 6.07 Å². The number of anilines is 3. The fourth-order valence-corrected chi connectivity index (χ4v) is 2.32. The normalized spacial score (nSPS) is 23.4. The lowest BCUT2D eigenvalue weighted by Crippen LogP contribution is -2.46. The molecule has 3 N–H and O–H groups in total. The average Bonchev–Trinajstić information content (AvgIpc) is 2.34. The van der Waals surface area contributed by atoms with Gasteiger partial charge in [-0.15, -0.1) is 0 Å². The minimum atomic E-state index is 0.201. The van der Waals surface area contributed by atoms with E-state index in [2.05, 4.69) is 41.0 Å². The third-order valence-electron chi connectivity index (χ3n) is 3.03. The summed E-state index contributed by atoms with van der Waals surface area (Å²) in [6.45, 7) is 8.80. The molecule has 1 aliphatic rings. The topological polar surface area (TPSA) is 76.3 Å². The molecule has 1 aliphatic heterocycles. The van der Waals surface area contributed by atoms with Crippen LogP contribution in [-0.2, 0) is 4.74 Å². The smallest absolute Gasteiger partial charge is 0.223 e. The third kappa shape index (κ3) is 3.70. The molecule has 2 heterocycles. The van der Waals surface area contributed by atoms with Gasteiger partial charge in [0.25, 0.3) is 0 Å². The predicted octanol–water partition coefficient (Wildman–Crippen LogP) is 1.49. The van der Waals surface area contributed by atoms with E-state index in [9.17, 15) is 0 Å². The van der Waals surface area contributed by atoms with Crippen molar-refractivity contribution in [1.29, 1.82) is 0 Å². The Morgan fingerprint density at radius 1 is 1.37 bits per heavy atom. The molecule has 0 unspecified atom stereocenters. The Morgan fingerprint density at radius 2 is 2.05 bits per heavy atom. The Kier molecular flexibility index (Phi) is 4.42. The van der Waals surface area contributed by atoms with Crippen LogP contribution in [0.25, 0.3) is 0 Å². The summed E-state index contributed by atoms with van der Waals surface area (Å²) in [5, 5.41) is 3.25. The number of nitrogen functional groups attached to an aromatic ring is 1. The molecular weight excluding hydrogens is 242 g/mol. The van der Waals surface area contributed by atoms with Crippen molar-refractivity contribution in [2.75, 3.05) is 35.6 Å². The average molecular weight is 265 g/mol. The van der Waals surface area contributed by atoms with Gasteiger partial charge in [0.1, 0.15) is 11.6 Å². The van der Waals surface area contributed by atoms with Crippen LogP contribution in [0.1, 0.15) is 27.2 Å². The first-order valence-corrected chi connectivity index (χ1v) is 6.87. The molecular formula is C13H23N5O. The van der Waals surface area contributed by atoms with Gasteiger partial charge in [-0.1, -0.05) is 6.92 Å². The largest absolute Gasteiger partial charge is 0.372 e. The van der Waals surface area contributed by atoms with Crippen molar-refractivity contribution in [3.8, 4) is 0 Å². The first kappa shape index (κ1) is 13.9. The first-order valence-electron chi connectivity index (χ1n) is 6.87. The second-order valence-corrected chi connectivity index (χ2v) is 5.06. The monoisotopic (exact) mass is 265 g/mol. The van der Waals surface area contributed by atoms with Gasteiger partial charge in [-0.2, -0.15) is 9.97 Å². The van der Waals surface area contributed by atoms with E-state index in [4.69, 9.17) is 10.5 Å². The highest BCUT2D eigenvalue weighted by molar-refractivity contribution is 5.53. The molecule has 1 saturated heterocycles. The molecule has 0 aromatic carbocycles. The standard InChI is InChI=1S/C13H23N5O/c1-4-5-15-11-6-12(17-13(14)16-11)18-7-9(2)19-10(3)8-18/h6,9-10H,4-5,7-8H2,1-3H3,(H3,14,15,16,17)/t9-,10+. The highest BCUT2D eigenvalue weighted by atomic mass is 16.5. The molecule has 1 aromatic heterocycles. The van der Waals surface area contributed by atoms with Gasteiger partial charge in [-0.3, -0.25) is 0 Å². The predicted molar refractivity (Wildman–Crippen MR) is 77.4 cm³/mol. The Bertz CT molecular complexity index is 415. The van der Waals surface area contributed by atoms with E-state index in [1.807, 2.05) is 6.07 Å². The molecule has 0 radical (unpaired) electrons. The van der Waals surface area contributed by atoms with E-state index in [-0.39, 0.29) is 12.2 Å². The van der Waals surface area contributed by atoms with E-state index in [1.165, 1.54) is 0 Å². The van der Waals surface area contributed by atoms with Gasteiger partial charge >= 0.3 is 0 Å². The van der Waals surface area contributed by atoms with Crippen LogP contribution < -0.4 is 16.0 Å². The van der Waals surface area contributed by atoms with Crippen LogP contribution in [0.2, 0.25) is 0 Å². The van der Waals surface area contributed by atoms with Crippen molar-refractivity contribution in [3.63, 3.8) is 0 Å². The first-order chi connectivity index (χ1) is 9.08. The number of nitrogens with zero attached hydrogens (tertiary/aromatic N) is 3. The van der Waals surface area contributed by atoms with E-state index in [1.54, 1.807) is 0 Å². The van der Waals surface area contributed by atoms with Crippen LogP contribution in [0, 0.1) is 0 Å². The van der Waals surface area contributed by atoms with Crippen LogP contribution in [-0.4, -0.2) is 41.8 Å². The number of nitrogens with one attached hydrogen (secondary N) is 1. The number of ether oxygens (including phenoxy) is 1. The van der Waals surface area contributed by atoms with E-state index < -0.39 is 0 Å². The van der Waals surface area contributed by atoms with Crippen molar-refractivity contribution in [3.05, 3.63) is 6.07 Å². The zero-order chi connectivity index (χ0) is 13.8. The molecule has 0 amide bonds. The van der Waals surface area contributed by atoms with Crippen molar-refractivity contribution in [2.45, 2.75) is 39.4 Å². The minimum absolute atomic E-state index is 0.201. The molecule has 2 rings (SSSR count). The van der Waals surface area contributed by atoms with Gasteiger partial charge < -0.3 is 20.7 Å². The molecule has 0 spiro atoms. The zero-order valence-corrected chi connectivity index (χ0v) is 11.9. The molecule has 19 heavy (non-hydrogen) atoms. The molecule has 6 nitrogen and oxygen atoms in total. The molecule has 1 fully saturated rings. The number of aromatic nitrogens is 2. The second kappa shape index (κ2) is 6.06. The summed E-state index contributed by atoms with van der Waals surface area (Å²) in [7, 11) is 0. The van der Waals surface area contributed by atoms with E-state index >= 15 is 0 Å². The molecule has 0 bridgehead atoms. The number of morpholine rings is 1. The lowest BCUT2D eigenvalue weighted by Gasteiger charge is -2.36. The summed E-state index contributed by atoms with van der Waals surface area (Å²) in [6.07, 6.45) is 1.45. The van der Waals surface area contributed by atoms with Gasteiger partial charge in [-0.05, 0) is 20.3 Å². The van der Waals surface area contributed by atoms with Crippen LogP contribution in [0.3, 0.4) is 0 Å². The number of hydrogen-bond acceptors (Lipinski definition) is 6. The molecule has 0 aliphatic carbocycles. The van der Waals surface area contributed by atoms with Gasteiger partial charge in [0.05, 0.1) is 12.2 Å². The van der Waals surface area contributed by atoms with Crippen LogP contribution >= 0.6 is 0 Å². The van der Waals surface area contributed by atoms with Crippen LogP contribution in [0.4, 0.5) is 17.6 Å². The maximum absolute atomic E-state index is 5.79. The summed E-state index contributed by atoms with van der Waals surface area (Å²) >= 11 is 0. The highest BCUT2D eigenvalue weighted by Gasteiger charge is 2.23. The molecule has 106 valence electrons. The van der Waals surface area contributed by atoms with Crippen molar-refractivity contribution in [2.24, 2.45) is 0 Å². The number of nitrogens with two attached hydrogens (primary N) is 1. The van der Waals surface area contributed by atoms with Gasteiger partial charge in [0, 0.05) is 25.7 Å². The quantitative estimate of drug-likeness (QED) is 0.859. The lowest BCUT2D eigenvalue weighted by molar-refractivity contribution is -0.00545. The maximum Gasteiger partial charge on any atom is 0.223 e.